The molecule has 5 nitrogen and oxygen atoms in total. The van der Waals surface area contributed by atoms with Crippen LogP contribution in [0.5, 0.6) is 0 Å². The number of para-hydroxylation sites is 1. The van der Waals surface area contributed by atoms with E-state index >= 15 is 0 Å². The van der Waals surface area contributed by atoms with E-state index in [0.29, 0.717) is 5.56 Å². The Morgan fingerprint density at radius 2 is 1.70 bits per heavy atom. The number of carbonyl (C=O) groups excluding carboxylic acids is 1. The first-order chi connectivity index (χ1) is 14.5. The molecule has 152 valence electrons. The average Bonchev–Trinajstić information content (AvgIpc) is 2.73. The summed E-state index contributed by atoms with van der Waals surface area (Å²) in [6, 6.07) is 19.8. The number of ketones is 1. The molecule has 5 heteroatoms. The summed E-state index contributed by atoms with van der Waals surface area (Å²) in [7, 11) is 0. The standard InChI is InChI=1S/C25H25N3O2/c1-15-12-13-19(17(3)14-15)25(29)18(4)30-28-27-24-20-9-5-6-10-21(20)26-22-11-7-8-16(2)23(22)24/h5-14,18,28H,1-4H3,(H,26,27). The number of nitrogens with one attached hydrogen (secondary N) is 2. The number of fused-ring (bicyclic) bond motifs is 2. The molecular weight excluding hydrogens is 374 g/mol. The first kappa shape index (κ1) is 20.0. The first-order valence-corrected chi connectivity index (χ1v) is 10.0. The Labute approximate surface area is 176 Å². The smallest absolute Gasteiger partial charge is 0.193 e. The van der Waals surface area contributed by atoms with E-state index < -0.39 is 6.10 Å². The number of pyridine rings is 1. The Morgan fingerprint density at radius 3 is 2.50 bits per heavy atom. The zero-order valence-corrected chi connectivity index (χ0v) is 17.6. The van der Waals surface area contributed by atoms with Gasteiger partial charge in [0.1, 0.15) is 6.10 Å². The fourth-order valence-corrected chi connectivity index (χ4v) is 3.78. The van der Waals surface area contributed by atoms with E-state index in [9.17, 15) is 4.79 Å². The molecule has 0 saturated heterocycles. The molecule has 0 spiro atoms. The number of hydrazine groups is 1. The van der Waals surface area contributed by atoms with Gasteiger partial charge < -0.3 is 0 Å². The molecule has 0 fully saturated rings. The van der Waals surface area contributed by atoms with Crippen LogP contribution in [0.15, 0.2) is 60.7 Å². The summed E-state index contributed by atoms with van der Waals surface area (Å²) in [5.74, 6) is -0.0672. The normalized spacial score (nSPS) is 12.3. The highest BCUT2D eigenvalue weighted by Crippen LogP contribution is 2.32. The van der Waals surface area contributed by atoms with Gasteiger partial charge in [-0.2, -0.15) is 0 Å². The minimum absolute atomic E-state index is 0.0672. The summed E-state index contributed by atoms with van der Waals surface area (Å²) in [6.45, 7) is 7.75. The number of anilines is 1. The van der Waals surface area contributed by atoms with Crippen LogP contribution in [-0.4, -0.2) is 16.9 Å². The summed E-state index contributed by atoms with van der Waals surface area (Å²) in [5, 5.41) is 1.99. The second-order valence-electron chi connectivity index (χ2n) is 7.64. The van der Waals surface area contributed by atoms with Crippen LogP contribution in [0, 0.1) is 20.8 Å². The lowest BCUT2D eigenvalue weighted by Crippen LogP contribution is -2.32. The topological polar surface area (TPSA) is 63.2 Å². The van der Waals surface area contributed by atoms with E-state index in [-0.39, 0.29) is 5.78 Å². The SMILES string of the molecule is Cc1ccc(C(=O)C(C)ONNc2c3ccccc3nc3cccc(C)c23)c(C)c1. The summed E-state index contributed by atoms with van der Waals surface area (Å²) in [6.07, 6.45) is -0.653. The predicted octanol–water partition coefficient (Wildman–Crippen LogP) is 5.43. The van der Waals surface area contributed by atoms with Crippen molar-refractivity contribution < 1.29 is 9.63 Å². The van der Waals surface area contributed by atoms with Crippen molar-refractivity contribution in [1.29, 1.82) is 0 Å². The molecule has 4 rings (SSSR count). The molecule has 1 heterocycles. The van der Waals surface area contributed by atoms with Crippen LogP contribution in [0.1, 0.15) is 34.0 Å². The van der Waals surface area contributed by atoms with Crippen LogP contribution < -0.4 is 11.0 Å². The molecule has 1 aromatic heterocycles. The van der Waals surface area contributed by atoms with E-state index in [1.165, 1.54) is 0 Å². The van der Waals surface area contributed by atoms with Crippen LogP contribution >= 0.6 is 0 Å². The number of aromatic nitrogens is 1. The molecular formula is C25H25N3O2. The van der Waals surface area contributed by atoms with Gasteiger partial charge in [0.05, 0.1) is 16.7 Å². The number of rotatable bonds is 6. The largest absolute Gasteiger partial charge is 0.297 e. The number of carbonyl (C=O) groups is 1. The number of nitrogens with zero attached hydrogens (tertiary/aromatic N) is 1. The molecule has 0 aliphatic rings. The second-order valence-corrected chi connectivity index (χ2v) is 7.64. The highest BCUT2D eigenvalue weighted by molar-refractivity contribution is 6.08. The maximum absolute atomic E-state index is 12.8. The van der Waals surface area contributed by atoms with Crippen molar-refractivity contribution in [2.75, 3.05) is 5.43 Å². The first-order valence-electron chi connectivity index (χ1n) is 10.0. The quantitative estimate of drug-likeness (QED) is 0.257. The van der Waals surface area contributed by atoms with Crippen LogP contribution in [0.2, 0.25) is 0 Å². The molecule has 1 atom stereocenters. The number of hydrogen-bond donors (Lipinski definition) is 2. The van der Waals surface area contributed by atoms with Gasteiger partial charge in [-0.15, -0.1) is 5.59 Å². The van der Waals surface area contributed by atoms with E-state index in [4.69, 9.17) is 9.82 Å². The Kier molecular flexibility index (Phi) is 5.48. The molecule has 0 bridgehead atoms. The molecule has 2 N–H and O–H groups in total. The monoisotopic (exact) mass is 399 g/mol. The lowest BCUT2D eigenvalue weighted by Gasteiger charge is -2.18. The third-order valence-electron chi connectivity index (χ3n) is 5.34. The summed E-state index contributed by atoms with van der Waals surface area (Å²) >= 11 is 0. The Hall–Kier alpha value is -3.28. The lowest BCUT2D eigenvalue weighted by molar-refractivity contribution is 0.00516. The molecule has 1 unspecified atom stereocenters. The van der Waals surface area contributed by atoms with Gasteiger partial charge >= 0.3 is 0 Å². The highest BCUT2D eigenvalue weighted by atomic mass is 16.7. The fraction of sp³-hybridized carbons (Fsp3) is 0.200. The van der Waals surface area contributed by atoms with Gasteiger partial charge in [-0.25, -0.2) is 4.98 Å². The van der Waals surface area contributed by atoms with Gasteiger partial charge in [-0.1, -0.05) is 54.1 Å². The minimum atomic E-state index is -0.653. The van der Waals surface area contributed by atoms with E-state index in [0.717, 1.165) is 44.2 Å². The number of Topliss-reactive ketones (excluding diaryl/α,β-unsaturated/α-hetero) is 1. The van der Waals surface area contributed by atoms with Crippen LogP contribution in [0.25, 0.3) is 21.8 Å². The van der Waals surface area contributed by atoms with Crippen molar-refractivity contribution in [2.24, 2.45) is 0 Å². The van der Waals surface area contributed by atoms with Crippen molar-refractivity contribution in [3.8, 4) is 0 Å². The van der Waals surface area contributed by atoms with Crippen molar-refractivity contribution in [1.82, 2.24) is 10.6 Å². The maximum Gasteiger partial charge on any atom is 0.193 e. The minimum Gasteiger partial charge on any atom is -0.297 e. The van der Waals surface area contributed by atoms with Crippen molar-refractivity contribution in [2.45, 2.75) is 33.8 Å². The molecule has 30 heavy (non-hydrogen) atoms. The lowest BCUT2D eigenvalue weighted by atomic mass is 10.00. The highest BCUT2D eigenvalue weighted by Gasteiger charge is 2.18. The van der Waals surface area contributed by atoms with Crippen LogP contribution in [0.3, 0.4) is 0 Å². The van der Waals surface area contributed by atoms with Crippen molar-refractivity contribution in [3.63, 3.8) is 0 Å². The molecule has 0 saturated carbocycles. The molecule has 0 amide bonds. The van der Waals surface area contributed by atoms with Gasteiger partial charge in [0, 0.05) is 16.3 Å². The fourth-order valence-electron chi connectivity index (χ4n) is 3.78. The van der Waals surface area contributed by atoms with E-state index in [2.05, 4.69) is 24.0 Å². The van der Waals surface area contributed by atoms with Crippen LogP contribution in [-0.2, 0) is 4.84 Å². The van der Waals surface area contributed by atoms with Crippen molar-refractivity contribution in [3.05, 3.63) is 82.9 Å². The van der Waals surface area contributed by atoms with Gasteiger partial charge in [0.15, 0.2) is 5.78 Å². The summed E-state index contributed by atoms with van der Waals surface area (Å²) in [4.78, 5) is 23.2. The van der Waals surface area contributed by atoms with Crippen molar-refractivity contribution >= 4 is 33.3 Å². The van der Waals surface area contributed by atoms with Gasteiger partial charge in [0.25, 0.3) is 0 Å². The van der Waals surface area contributed by atoms with E-state index in [1.807, 2.05) is 68.4 Å². The number of aryl methyl sites for hydroxylation is 3. The van der Waals surface area contributed by atoms with Gasteiger partial charge in [-0.3, -0.25) is 15.1 Å². The Morgan fingerprint density at radius 1 is 0.933 bits per heavy atom. The Bertz CT molecular complexity index is 1250. The molecule has 0 aliphatic heterocycles. The molecule has 4 aromatic rings. The second kappa shape index (κ2) is 8.22. The average molecular weight is 399 g/mol. The maximum atomic E-state index is 12.8. The summed E-state index contributed by atoms with van der Waals surface area (Å²) in [5.41, 5.74) is 12.5. The molecule has 0 radical (unpaired) electrons. The van der Waals surface area contributed by atoms with E-state index in [1.54, 1.807) is 6.92 Å². The Balaban J connectivity index is 1.58. The van der Waals surface area contributed by atoms with Gasteiger partial charge in [0.2, 0.25) is 0 Å². The predicted molar refractivity (Wildman–Crippen MR) is 122 cm³/mol. The number of hydrogen-bond acceptors (Lipinski definition) is 5. The number of benzene rings is 3. The third kappa shape index (κ3) is 3.77. The van der Waals surface area contributed by atoms with Crippen LogP contribution in [0.4, 0.5) is 5.69 Å². The van der Waals surface area contributed by atoms with Gasteiger partial charge in [-0.05, 0) is 51.0 Å². The third-order valence-corrected chi connectivity index (χ3v) is 5.34. The molecule has 0 aliphatic carbocycles. The zero-order valence-electron chi connectivity index (χ0n) is 17.6. The zero-order chi connectivity index (χ0) is 21.3. The molecule has 3 aromatic carbocycles. The summed E-state index contributed by atoms with van der Waals surface area (Å²) < 4.78 is 0.